The Morgan fingerprint density at radius 1 is 1.12 bits per heavy atom. The van der Waals surface area contributed by atoms with E-state index in [0.717, 1.165) is 13.1 Å². The predicted molar refractivity (Wildman–Crippen MR) is 105 cm³/mol. The lowest BCUT2D eigenvalue weighted by Gasteiger charge is -2.23. The molecule has 0 aliphatic heterocycles. The van der Waals surface area contributed by atoms with Gasteiger partial charge in [-0.25, -0.2) is 0 Å². The first-order valence-electron chi connectivity index (χ1n) is 8.98. The van der Waals surface area contributed by atoms with Crippen LogP contribution in [0.1, 0.15) is 18.9 Å². The SMILES string of the molecule is CCN(CCNC(=O)CCOc1ccccc1OC)c1cccc(C)c1. The Hall–Kier alpha value is -2.69. The van der Waals surface area contributed by atoms with E-state index in [9.17, 15) is 4.79 Å². The predicted octanol–water partition coefficient (Wildman–Crippen LogP) is 3.42. The van der Waals surface area contributed by atoms with E-state index < -0.39 is 0 Å². The second kappa shape index (κ2) is 10.3. The number of rotatable bonds is 10. The summed E-state index contributed by atoms with van der Waals surface area (Å²) in [4.78, 5) is 14.3. The van der Waals surface area contributed by atoms with Crippen molar-refractivity contribution in [2.24, 2.45) is 0 Å². The minimum Gasteiger partial charge on any atom is -0.493 e. The molecule has 0 spiro atoms. The second-order valence-electron chi connectivity index (χ2n) is 6.02. The summed E-state index contributed by atoms with van der Waals surface area (Å²) in [6.45, 7) is 6.80. The van der Waals surface area contributed by atoms with Crippen molar-refractivity contribution in [1.29, 1.82) is 0 Å². The molecule has 1 N–H and O–H groups in total. The summed E-state index contributed by atoms with van der Waals surface area (Å²) in [6.07, 6.45) is 0.314. The zero-order valence-corrected chi connectivity index (χ0v) is 15.8. The number of hydrogen-bond acceptors (Lipinski definition) is 4. The highest BCUT2D eigenvalue weighted by atomic mass is 16.5. The summed E-state index contributed by atoms with van der Waals surface area (Å²) in [5.74, 6) is 1.31. The number of carbonyl (C=O) groups excluding carboxylic acids is 1. The van der Waals surface area contributed by atoms with Crippen LogP contribution in [0.25, 0.3) is 0 Å². The van der Waals surface area contributed by atoms with Gasteiger partial charge in [0.2, 0.25) is 5.91 Å². The summed E-state index contributed by atoms with van der Waals surface area (Å²) < 4.78 is 10.9. The van der Waals surface area contributed by atoms with Crippen LogP contribution in [0.5, 0.6) is 11.5 Å². The van der Waals surface area contributed by atoms with Crippen LogP contribution < -0.4 is 19.7 Å². The highest BCUT2D eigenvalue weighted by molar-refractivity contribution is 5.76. The molecule has 0 fully saturated rings. The molecule has 2 rings (SSSR count). The van der Waals surface area contributed by atoms with Crippen LogP contribution in [0, 0.1) is 6.92 Å². The molecular formula is C21H28N2O3. The van der Waals surface area contributed by atoms with Gasteiger partial charge in [-0.2, -0.15) is 0 Å². The Balaban J connectivity index is 1.71. The Labute approximate surface area is 155 Å². The van der Waals surface area contributed by atoms with Crippen molar-refractivity contribution in [3.63, 3.8) is 0 Å². The Morgan fingerprint density at radius 2 is 1.88 bits per heavy atom. The van der Waals surface area contributed by atoms with E-state index in [1.165, 1.54) is 11.3 Å². The highest BCUT2D eigenvalue weighted by Crippen LogP contribution is 2.25. The summed E-state index contributed by atoms with van der Waals surface area (Å²) in [5.41, 5.74) is 2.42. The summed E-state index contributed by atoms with van der Waals surface area (Å²) in [6, 6.07) is 15.8. The average molecular weight is 356 g/mol. The van der Waals surface area contributed by atoms with Crippen molar-refractivity contribution in [3.05, 3.63) is 54.1 Å². The number of methoxy groups -OCH3 is 1. The number of amides is 1. The number of ether oxygens (including phenoxy) is 2. The lowest BCUT2D eigenvalue weighted by atomic mass is 10.2. The quantitative estimate of drug-likeness (QED) is 0.709. The van der Waals surface area contributed by atoms with Gasteiger partial charge in [0, 0.05) is 25.3 Å². The van der Waals surface area contributed by atoms with Gasteiger partial charge in [0.1, 0.15) is 0 Å². The van der Waals surface area contributed by atoms with Crippen LogP contribution in [0.15, 0.2) is 48.5 Å². The first kappa shape index (κ1) is 19.6. The third kappa shape index (κ3) is 5.99. The molecule has 5 heteroatoms. The maximum absolute atomic E-state index is 12.0. The van der Waals surface area contributed by atoms with Crippen molar-refractivity contribution in [2.75, 3.05) is 38.3 Å². The smallest absolute Gasteiger partial charge is 0.223 e. The van der Waals surface area contributed by atoms with Gasteiger partial charge in [-0.05, 0) is 43.7 Å². The lowest BCUT2D eigenvalue weighted by Crippen LogP contribution is -2.35. The van der Waals surface area contributed by atoms with E-state index in [4.69, 9.17) is 9.47 Å². The maximum atomic E-state index is 12.0. The van der Waals surface area contributed by atoms with E-state index in [-0.39, 0.29) is 5.91 Å². The number of likely N-dealkylation sites (N-methyl/N-ethyl adjacent to an activating group) is 1. The molecule has 0 radical (unpaired) electrons. The number of aryl methyl sites for hydroxylation is 1. The molecule has 140 valence electrons. The van der Waals surface area contributed by atoms with Crippen molar-refractivity contribution in [1.82, 2.24) is 5.32 Å². The largest absolute Gasteiger partial charge is 0.493 e. The minimum atomic E-state index is -0.0137. The van der Waals surface area contributed by atoms with Crippen LogP contribution in [-0.4, -0.2) is 39.3 Å². The molecule has 0 saturated heterocycles. The fourth-order valence-electron chi connectivity index (χ4n) is 2.70. The van der Waals surface area contributed by atoms with Crippen molar-refractivity contribution >= 4 is 11.6 Å². The monoisotopic (exact) mass is 356 g/mol. The molecule has 0 bridgehead atoms. The summed E-state index contributed by atoms with van der Waals surface area (Å²) in [7, 11) is 1.60. The van der Waals surface area contributed by atoms with Crippen LogP contribution in [-0.2, 0) is 4.79 Å². The van der Waals surface area contributed by atoms with Gasteiger partial charge < -0.3 is 19.7 Å². The van der Waals surface area contributed by atoms with Crippen LogP contribution in [0.2, 0.25) is 0 Å². The van der Waals surface area contributed by atoms with Crippen LogP contribution in [0.3, 0.4) is 0 Å². The van der Waals surface area contributed by atoms with E-state index in [1.807, 2.05) is 24.3 Å². The molecule has 0 aliphatic carbocycles. The van der Waals surface area contributed by atoms with E-state index >= 15 is 0 Å². The molecule has 0 aromatic heterocycles. The molecule has 2 aromatic rings. The molecule has 0 atom stereocenters. The molecule has 0 saturated carbocycles. The number of nitrogens with one attached hydrogen (secondary N) is 1. The third-order valence-corrected chi connectivity index (χ3v) is 4.11. The zero-order chi connectivity index (χ0) is 18.8. The van der Waals surface area contributed by atoms with E-state index in [1.54, 1.807) is 7.11 Å². The summed E-state index contributed by atoms with van der Waals surface area (Å²) in [5, 5.41) is 2.95. The number of anilines is 1. The number of nitrogens with zero attached hydrogens (tertiary/aromatic N) is 1. The molecule has 0 heterocycles. The van der Waals surface area contributed by atoms with E-state index in [0.29, 0.717) is 31.1 Å². The molecule has 26 heavy (non-hydrogen) atoms. The van der Waals surface area contributed by atoms with Gasteiger partial charge in [-0.1, -0.05) is 24.3 Å². The molecule has 5 nitrogen and oxygen atoms in total. The van der Waals surface area contributed by atoms with Crippen LogP contribution >= 0.6 is 0 Å². The van der Waals surface area contributed by atoms with E-state index in [2.05, 4.69) is 48.3 Å². The highest BCUT2D eigenvalue weighted by Gasteiger charge is 2.07. The van der Waals surface area contributed by atoms with Gasteiger partial charge in [-0.15, -0.1) is 0 Å². The fourth-order valence-corrected chi connectivity index (χ4v) is 2.70. The Morgan fingerprint density at radius 3 is 2.58 bits per heavy atom. The third-order valence-electron chi connectivity index (χ3n) is 4.11. The minimum absolute atomic E-state index is 0.0137. The van der Waals surface area contributed by atoms with Gasteiger partial charge >= 0.3 is 0 Å². The number of benzene rings is 2. The lowest BCUT2D eigenvalue weighted by molar-refractivity contribution is -0.121. The average Bonchev–Trinajstić information content (AvgIpc) is 2.65. The first-order chi connectivity index (χ1) is 12.6. The summed E-state index contributed by atoms with van der Waals surface area (Å²) >= 11 is 0. The first-order valence-corrected chi connectivity index (χ1v) is 8.98. The standard InChI is InChI=1S/C21H28N2O3/c1-4-23(18-9-7-8-17(2)16-18)14-13-22-21(24)12-15-26-20-11-6-5-10-19(20)25-3/h5-11,16H,4,12-15H2,1-3H3,(H,22,24). The number of carbonyl (C=O) groups is 1. The normalized spacial score (nSPS) is 10.3. The topological polar surface area (TPSA) is 50.8 Å². The Bertz CT molecular complexity index is 703. The van der Waals surface area contributed by atoms with Crippen LogP contribution in [0.4, 0.5) is 5.69 Å². The molecule has 0 aliphatic rings. The van der Waals surface area contributed by atoms with Crippen molar-refractivity contribution < 1.29 is 14.3 Å². The van der Waals surface area contributed by atoms with Gasteiger partial charge in [-0.3, -0.25) is 4.79 Å². The molecule has 2 aromatic carbocycles. The maximum Gasteiger partial charge on any atom is 0.223 e. The van der Waals surface area contributed by atoms with Gasteiger partial charge in [0.25, 0.3) is 0 Å². The van der Waals surface area contributed by atoms with Gasteiger partial charge in [0.15, 0.2) is 11.5 Å². The molecule has 0 unspecified atom stereocenters. The second-order valence-corrected chi connectivity index (χ2v) is 6.02. The number of para-hydroxylation sites is 2. The van der Waals surface area contributed by atoms with Crippen molar-refractivity contribution in [3.8, 4) is 11.5 Å². The fraction of sp³-hybridized carbons (Fsp3) is 0.381. The number of hydrogen-bond donors (Lipinski definition) is 1. The van der Waals surface area contributed by atoms with Gasteiger partial charge in [0.05, 0.1) is 20.1 Å². The Kier molecular flexibility index (Phi) is 7.80. The molecule has 1 amide bonds. The molecular weight excluding hydrogens is 328 g/mol. The van der Waals surface area contributed by atoms with Crippen molar-refractivity contribution in [2.45, 2.75) is 20.3 Å². The zero-order valence-electron chi connectivity index (χ0n) is 15.8.